The van der Waals surface area contributed by atoms with Gasteiger partial charge < -0.3 is 9.47 Å². The van der Waals surface area contributed by atoms with Crippen molar-refractivity contribution in [3.63, 3.8) is 0 Å². The molecule has 2 aromatic rings. The second-order valence-electron chi connectivity index (χ2n) is 4.68. The Balaban J connectivity index is 2.34. The summed E-state index contributed by atoms with van der Waals surface area (Å²) in [4.78, 5) is 16.0. The summed E-state index contributed by atoms with van der Waals surface area (Å²) in [5.41, 5.74) is 2.15. The number of aryl methyl sites for hydroxylation is 2. The van der Waals surface area contributed by atoms with Crippen molar-refractivity contribution in [1.82, 2.24) is 4.98 Å². The highest BCUT2D eigenvalue weighted by Crippen LogP contribution is 2.27. The topological polar surface area (TPSA) is 72.2 Å². The van der Waals surface area contributed by atoms with Crippen LogP contribution in [0.1, 0.15) is 34.2 Å². The molecule has 112 valence electrons. The van der Waals surface area contributed by atoms with Gasteiger partial charge in [-0.1, -0.05) is 6.07 Å². The van der Waals surface area contributed by atoms with E-state index in [2.05, 4.69) is 11.1 Å². The summed E-state index contributed by atoms with van der Waals surface area (Å²) in [6.45, 7) is 5.65. The van der Waals surface area contributed by atoms with Crippen molar-refractivity contribution < 1.29 is 14.3 Å². The summed E-state index contributed by atoms with van der Waals surface area (Å²) in [5, 5.41) is 9.24. The first kappa shape index (κ1) is 15.5. The molecule has 0 bridgehead atoms. The molecule has 5 nitrogen and oxygen atoms in total. The molecule has 0 unspecified atom stereocenters. The van der Waals surface area contributed by atoms with Gasteiger partial charge >= 0.3 is 5.97 Å². The molecule has 0 saturated carbocycles. The fourth-order valence-corrected chi connectivity index (χ4v) is 2.04. The Hall–Kier alpha value is -2.87. The molecular formula is C17H16N2O3. The predicted molar refractivity (Wildman–Crippen MR) is 80.9 cm³/mol. The molecule has 0 aliphatic rings. The largest absolute Gasteiger partial charge is 0.462 e. The third-order valence-electron chi connectivity index (χ3n) is 2.98. The van der Waals surface area contributed by atoms with Crippen LogP contribution in [0.25, 0.3) is 0 Å². The van der Waals surface area contributed by atoms with Gasteiger partial charge in [0, 0.05) is 11.8 Å². The maximum Gasteiger partial charge on any atom is 0.338 e. The zero-order chi connectivity index (χ0) is 16.1. The zero-order valence-corrected chi connectivity index (χ0v) is 12.7. The van der Waals surface area contributed by atoms with Crippen LogP contribution in [0.2, 0.25) is 0 Å². The van der Waals surface area contributed by atoms with E-state index in [1.165, 1.54) is 0 Å². The number of pyridine rings is 1. The number of carbonyl (C=O) groups is 1. The Morgan fingerprint density at radius 2 is 2.09 bits per heavy atom. The van der Waals surface area contributed by atoms with E-state index in [9.17, 15) is 10.1 Å². The van der Waals surface area contributed by atoms with Crippen molar-refractivity contribution in [3.8, 4) is 17.6 Å². The first-order valence-electron chi connectivity index (χ1n) is 6.88. The lowest BCUT2D eigenvalue weighted by Gasteiger charge is -2.11. The normalized spacial score (nSPS) is 9.91. The molecule has 1 heterocycles. The van der Waals surface area contributed by atoms with Gasteiger partial charge in [-0.25, -0.2) is 4.79 Å². The number of benzene rings is 1. The van der Waals surface area contributed by atoms with Gasteiger partial charge in [0.05, 0.1) is 17.9 Å². The maximum absolute atomic E-state index is 11.7. The minimum Gasteiger partial charge on any atom is -0.462 e. The standard InChI is InChI=1S/C17H16N2O3/c1-4-21-17(20)13-6-5-7-14(9-13)22-16-8-11(2)19-12(3)15(16)10-18/h5-9H,4H2,1-3H3. The molecule has 0 aliphatic heterocycles. The van der Waals surface area contributed by atoms with E-state index in [0.29, 0.717) is 34.9 Å². The lowest BCUT2D eigenvalue weighted by molar-refractivity contribution is 0.0526. The van der Waals surface area contributed by atoms with Crippen LogP contribution in [0, 0.1) is 25.2 Å². The van der Waals surface area contributed by atoms with Crippen molar-refractivity contribution in [2.24, 2.45) is 0 Å². The van der Waals surface area contributed by atoms with E-state index in [4.69, 9.17) is 9.47 Å². The summed E-state index contributed by atoms with van der Waals surface area (Å²) in [6, 6.07) is 10.4. The molecule has 0 fully saturated rings. The molecule has 2 rings (SSSR count). The summed E-state index contributed by atoms with van der Waals surface area (Å²) >= 11 is 0. The van der Waals surface area contributed by atoms with Gasteiger partial charge in [-0.05, 0) is 39.0 Å². The van der Waals surface area contributed by atoms with Gasteiger partial charge in [-0.2, -0.15) is 5.26 Å². The first-order chi connectivity index (χ1) is 10.5. The molecule has 0 aliphatic carbocycles. The highest BCUT2D eigenvalue weighted by atomic mass is 16.5. The molecule has 1 aromatic carbocycles. The van der Waals surface area contributed by atoms with E-state index in [1.807, 2.05) is 6.92 Å². The highest BCUT2D eigenvalue weighted by molar-refractivity contribution is 5.89. The molecular weight excluding hydrogens is 280 g/mol. The third-order valence-corrected chi connectivity index (χ3v) is 2.98. The second-order valence-corrected chi connectivity index (χ2v) is 4.68. The summed E-state index contributed by atoms with van der Waals surface area (Å²) in [5.74, 6) is 0.483. The van der Waals surface area contributed by atoms with Gasteiger partial charge in [-0.3, -0.25) is 4.98 Å². The van der Waals surface area contributed by atoms with Gasteiger partial charge in [-0.15, -0.1) is 0 Å². The number of hydrogen-bond acceptors (Lipinski definition) is 5. The van der Waals surface area contributed by atoms with Crippen molar-refractivity contribution in [1.29, 1.82) is 5.26 Å². The van der Waals surface area contributed by atoms with Crippen molar-refractivity contribution in [3.05, 3.63) is 52.8 Å². The summed E-state index contributed by atoms with van der Waals surface area (Å²) in [6.07, 6.45) is 0. The lowest BCUT2D eigenvalue weighted by atomic mass is 10.1. The van der Waals surface area contributed by atoms with Gasteiger partial charge in [0.2, 0.25) is 0 Å². The number of aromatic nitrogens is 1. The monoisotopic (exact) mass is 296 g/mol. The van der Waals surface area contributed by atoms with Crippen molar-refractivity contribution in [2.75, 3.05) is 6.61 Å². The van der Waals surface area contributed by atoms with Crippen LogP contribution in [-0.2, 0) is 4.74 Å². The number of carbonyl (C=O) groups excluding carboxylic acids is 1. The third kappa shape index (κ3) is 3.41. The predicted octanol–water partition coefficient (Wildman–Crippen LogP) is 3.54. The number of nitriles is 1. The molecule has 0 N–H and O–H groups in total. The van der Waals surface area contributed by atoms with Crippen molar-refractivity contribution >= 4 is 5.97 Å². The lowest BCUT2D eigenvalue weighted by Crippen LogP contribution is -2.04. The SMILES string of the molecule is CCOC(=O)c1cccc(Oc2cc(C)nc(C)c2C#N)c1. The Bertz CT molecular complexity index is 748. The zero-order valence-electron chi connectivity index (χ0n) is 12.7. The molecule has 5 heteroatoms. The quantitative estimate of drug-likeness (QED) is 0.807. The number of esters is 1. The van der Waals surface area contributed by atoms with Crippen LogP contribution in [-0.4, -0.2) is 17.6 Å². The fourth-order valence-electron chi connectivity index (χ4n) is 2.04. The second kappa shape index (κ2) is 6.72. The van der Waals surface area contributed by atoms with Crippen LogP contribution in [0.5, 0.6) is 11.5 Å². The van der Waals surface area contributed by atoms with E-state index >= 15 is 0 Å². The van der Waals surface area contributed by atoms with E-state index in [0.717, 1.165) is 5.69 Å². The molecule has 0 spiro atoms. The van der Waals surface area contributed by atoms with Crippen LogP contribution in [0.4, 0.5) is 0 Å². The average Bonchev–Trinajstić information content (AvgIpc) is 2.47. The van der Waals surface area contributed by atoms with Crippen LogP contribution in [0.15, 0.2) is 30.3 Å². The molecule has 0 amide bonds. The molecule has 0 atom stereocenters. The van der Waals surface area contributed by atoms with Gasteiger partial charge in [0.25, 0.3) is 0 Å². The number of nitrogens with zero attached hydrogens (tertiary/aromatic N) is 2. The molecule has 22 heavy (non-hydrogen) atoms. The summed E-state index contributed by atoms with van der Waals surface area (Å²) < 4.78 is 10.7. The average molecular weight is 296 g/mol. The van der Waals surface area contributed by atoms with Gasteiger partial charge in [0.1, 0.15) is 23.1 Å². The molecule has 1 aromatic heterocycles. The number of hydrogen-bond donors (Lipinski definition) is 0. The highest BCUT2D eigenvalue weighted by Gasteiger charge is 2.12. The van der Waals surface area contributed by atoms with Crippen molar-refractivity contribution in [2.45, 2.75) is 20.8 Å². The first-order valence-corrected chi connectivity index (χ1v) is 6.88. The van der Waals surface area contributed by atoms with E-state index in [1.54, 1.807) is 44.2 Å². The summed E-state index contributed by atoms with van der Waals surface area (Å²) in [7, 11) is 0. The molecule has 0 radical (unpaired) electrons. The Morgan fingerprint density at radius 1 is 1.32 bits per heavy atom. The fraction of sp³-hybridized carbons (Fsp3) is 0.235. The molecule has 0 saturated heterocycles. The van der Waals surface area contributed by atoms with Gasteiger partial charge in [0.15, 0.2) is 0 Å². The Kier molecular flexibility index (Phi) is 4.74. The van der Waals surface area contributed by atoms with Crippen LogP contribution < -0.4 is 4.74 Å². The number of ether oxygens (including phenoxy) is 2. The van der Waals surface area contributed by atoms with Crippen LogP contribution in [0.3, 0.4) is 0 Å². The Morgan fingerprint density at radius 3 is 2.77 bits per heavy atom. The Labute approximate surface area is 129 Å². The smallest absolute Gasteiger partial charge is 0.338 e. The maximum atomic E-state index is 11.7. The minimum atomic E-state index is -0.407. The minimum absolute atomic E-state index is 0.311. The van der Waals surface area contributed by atoms with Crippen LogP contribution >= 0.6 is 0 Å². The van der Waals surface area contributed by atoms with E-state index in [-0.39, 0.29) is 0 Å². The van der Waals surface area contributed by atoms with E-state index < -0.39 is 5.97 Å². The number of rotatable bonds is 4.